The van der Waals surface area contributed by atoms with Gasteiger partial charge in [0.15, 0.2) is 0 Å². The molecule has 0 heterocycles. The summed E-state index contributed by atoms with van der Waals surface area (Å²) in [6.45, 7) is 10.8. The molecule has 1 aliphatic rings. The lowest BCUT2D eigenvalue weighted by Crippen LogP contribution is -2.47. The van der Waals surface area contributed by atoms with Gasteiger partial charge in [0.1, 0.15) is 5.76 Å². The quantitative estimate of drug-likeness (QED) is 0.439. The van der Waals surface area contributed by atoms with E-state index in [1.807, 2.05) is 0 Å². The maximum absolute atomic E-state index is 9.01. The molecular formula is C17H28NO2. The molecule has 0 saturated heterocycles. The van der Waals surface area contributed by atoms with E-state index in [0.29, 0.717) is 0 Å². The number of ether oxygens (including phenoxy) is 1. The smallest absolute Gasteiger partial charge is 0.103 e. The number of oxime groups is 1. The van der Waals surface area contributed by atoms with Gasteiger partial charge in [-0.3, -0.25) is 0 Å². The molecule has 0 fully saturated rings. The monoisotopic (exact) mass is 278 g/mol. The van der Waals surface area contributed by atoms with E-state index in [1.54, 1.807) is 13.3 Å². The molecule has 0 aromatic carbocycles. The van der Waals surface area contributed by atoms with Gasteiger partial charge in [-0.15, -0.1) is 5.16 Å². The fraction of sp³-hybridized carbons (Fsp3) is 0.706. The van der Waals surface area contributed by atoms with Crippen molar-refractivity contribution in [3.8, 4) is 0 Å². The number of allylic oxidation sites excluding steroid dienone is 4. The van der Waals surface area contributed by atoms with Crippen LogP contribution in [-0.2, 0) is 4.74 Å². The largest absolute Gasteiger partial charge is 0.500 e. The predicted octanol–water partition coefficient (Wildman–Crippen LogP) is 4.58. The highest BCUT2D eigenvalue weighted by atomic mass is 16.5. The Balaban J connectivity index is 3.44. The standard InChI is InChI=1S/C17H28NO2/c1-7-9-16(4)11-13(3)10-15(20-6)17(16,5)14(8-2)12-18-19/h10,12,14,19H,7-9H2,1-6H3/b18-12-. The van der Waals surface area contributed by atoms with E-state index in [2.05, 4.69) is 51.9 Å². The van der Waals surface area contributed by atoms with Gasteiger partial charge in [-0.05, 0) is 37.5 Å². The van der Waals surface area contributed by atoms with Crippen LogP contribution < -0.4 is 0 Å². The molecule has 0 bridgehead atoms. The summed E-state index contributed by atoms with van der Waals surface area (Å²) in [5.41, 5.74) is 0.734. The summed E-state index contributed by atoms with van der Waals surface area (Å²) in [5.74, 6) is 1.06. The van der Waals surface area contributed by atoms with Gasteiger partial charge >= 0.3 is 0 Å². The van der Waals surface area contributed by atoms with Crippen molar-refractivity contribution in [3.05, 3.63) is 23.5 Å². The van der Waals surface area contributed by atoms with E-state index in [0.717, 1.165) is 30.6 Å². The molecule has 0 aromatic rings. The van der Waals surface area contributed by atoms with E-state index >= 15 is 0 Å². The van der Waals surface area contributed by atoms with Crippen LogP contribution in [0.25, 0.3) is 0 Å². The SMILES string of the molecule is CCCC1(C)[C]=C(C)C=C(OC)C1(C)C(/C=N\O)CC. The topological polar surface area (TPSA) is 41.8 Å². The Kier molecular flexibility index (Phi) is 5.43. The fourth-order valence-corrected chi connectivity index (χ4v) is 3.65. The predicted molar refractivity (Wildman–Crippen MR) is 82.7 cm³/mol. The lowest BCUT2D eigenvalue weighted by atomic mass is 9.54. The average Bonchev–Trinajstić information content (AvgIpc) is 2.40. The first-order chi connectivity index (χ1) is 9.39. The molecule has 3 unspecified atom stereocenters. The summed E-state index contributed by atoms with van der Waals surface area (Å²) in [5, 5.41) is 12.3. The van der Waals surface area contributed by atoms with Crippen molar-refractivity contribution in [3.63, 3.8) is 0 Å². The van der Waals surface area contributed by atoms with Crippen molar-refractivity contribution < 1.29 is 9.94 Å². The van der Waals surface area contributed by atoms with Crippen molar-refractivity contribution in [1.82, 2.24) is 0 Å². The summed E-state index contributed by atoms with van der Waals surface area (Å²) in [6.07, 6.45) is 10.3. The molecule has 0 aromatic heterocycles. The van der Waals surface area contributed by atoms with Crippen LogP contribution in [0.4, 0.5) is 0 Å². The van der Waals surface area contributed by atoms with Crippen LogP contribution >= 0.6 is 0 Å². The summed E-state index contributed by atoms with van der Waals surface area (Å²) >= 11 is 0. The van der Waals surface area contributed by atoms with Crippen LogP contribution in [0.15, 0.2) is 22.6 Å². The molecule has 3 atom stereocenters. The van der Waals surface area contributed by atoms with Crippen molar-refractivity contribution in [2.45, 2.75) is 53.9 Å². The molecule has 3 heteroatoms. The van der Waals surface area contributed by atoms with Crippen LogP contribution in [-0.4, -0.2) is 18.5 Å². The second kappa shape index (κ2) is 6.47. The Morgan fingerprint density at radius 1 is 1.45 bits per heavy atom. The Morgan fingerprint density at radius 3 is 2.55 bits per heavy atom. The fourth-order valence-electron chi connectivity index (χ4n) is 3.65. The first-order valence-electron chi connectivity index (χ1n) is 7.45. The van der Waals surface area contributed by atoms with Crippen LogP contribution in [0.2, 0.25) is 0 Å². The van der Waals surface area contributed by atoms with Crippen molar-refractivity contribution in [2.75, 3.05) is 7.11 Å². The molecule has 0 amide bonds. The van der Waals surface area contributed by atoms with E-state index < -0.39 is 0 Å². The zero-order chi connectivity index (χ0) is 15.4. The Hall–Kier alpha value is -1.25. The number of methoxy groups -OCH3 is 1. The molecule has 0 saturated carbocycles. The van der Waals surface area contributed by atoms with Crippen molar-refractivity contribution in [2.24, 2.45) is 21.9 Å². The second-order valence-corrected chi connectivity index (χ2v) is 6.08. The lowest BCUT2D eigenvalue weighted by molar-refractivity contribution is 0.0320. The summed E-state index contributed by atoms with van der Waals surface area (Å²) in [7, 11) is 1.72. The van der Waals surface area contributed by atoms with Gasteiger partial charge in [0, 0.05) is 23.0 Å². The van der Waals surface area contributed by atoms with Gasteiger partial charge in [0.25, 0.3) is 0 Å². The maximum atomic E-state index is 9.01. The number of nitrogens with zero attached hydrogens (tertiary/aromatic N) is 1. The van der Waals surface area contributed by atoms with Gasteiger partial charge in [0.05, 0.1) is 7.11 Å². The average molecular weight is 278 g/mol. The van der Waals surface area contributed by atoms with Crippen molar-refractivity contribution >= 4 is 6.21 Å². The highest BCUT2D eigenvalue weighted by Crippen LogP contribution is 2.56. The van der Waals surface area contributed by atoms with Crippen LogP contribution in [0.5, 0.6) is 0 Å². The second-order valence-electron chi connectivity index (χ2n) is 6.08. The normalized spacial score (nSPS) is 31.9. The van der Waals surface area contributed by atoms with Crippen LogP contribution in [0.3, 0.4) is 0 Å². The van der Waals surface area contributed by atoms with Gasteiger partial charge < -0.3 is 9.94 Å². The minimum Gasteiger partial charge on any atom is -0.500 e. The molecule has 113 valence electrons. The molecule has 0 spiro atoms. The minimum atomic E-state index is -0.252. The molecule has 3 nitrogen and oxygen atoms in total. The minimum absolute atomic E-state index is 0.107. The number of rotatable bonds is 6. The molecule has 20 heavy (non-hydrogen) atoms. The van der Waals surface area contributed by atoms with Crippen LogP contribution in [0.1, 0.15) is 53.9 Å². The van der Waals surface area contributed by atoms with E-state index in [4.69, 9.17) is 9.94 Å². The van der Waals surface area contributed by atoms with Gasteiger partial charge in [0.2, 0.25) is 0 Å². The van der Waals surface area contributed by atoms with E-state index in [1.165, 1.54) is 0 Å². The molecule has 1 N–H and O–H groups in total. The van der Waals surface area contributed by atoms with Crippen molar-refractivity contribution in [1.29, 1.82) is 0 Å². The third-order valence-corrected chi connectivity index (χ3v) is 4.88. The Bertz CT molecular complexity index is 425. The molecule has 1 radical (unpaired) electrons. The molecular weight excluding hydrogens is 250 g/mol. The highest BCUT2D eigenvalue weighted by Gasteiger charge is 2.52. The summed E-state index contributed by atoms with van der Waals surface area (Å²) in [6, 6.07) is 0. The number of hydrogen-bond donors (Lipinski definition) is 1. The van der Waals surface area contributed by atoms with Gasteiger partial charge in [-0.25, -0.2) is 0 Å². The zero-order valence-electron chi connectivity index (χ0n) is 13.7. The molecule has 0 aliphatic heterocycles. The first-order valence-corrected chi connectivity index (χ1v) is 7.45. The van der Waals surface area contributed by atoms with Crippen LogP contribution in [0, 0.1) is 22.8 Å². The third kappa shape index (κ3) is 2.63. The summed E-state index contributed by atoms with van der Waals surface area (Å²) in [4.78, 5) is 0. The Morgan fingerprint density at radius 2 is 2.10 bits per heavy atom. The zero-order valence-corrected chi connectivity index (χ0v) is 13.7. The van der Waals surface area contributed by atoms with E-state index in [-0.39, 0.29) is 16.7 Å². The highest BCUT2D eigenvalue weighted by molar-refractivity contribution is 5.63. The van der Waals surface area contributed by atoms with Gasteiger partial charge in [-0.2, -0.15) is 0 Å². The lowest BCUT2D eigenvalue weighted by Gasteiger charge is -2.51. The summed E-state index contributed by atoms with van der Waals surface area (Å²) < 4.78 is 5.71. The van der Waals surface area contributed by atoms with Gasteiger partial charge in [-0.1, -0.05) is 34.1 Å². The molecule has 1 rings (SSSR count). The maximum Gasteiger partial charge on any atom is 0.103 e. The number of hydrogen-bond acceptors (Lipinski definition) is 3. The van der Waals surface area contributed by atoms with E-state index in [9.17, 15) is 0 Å². The first kappa shape index (κ1) is 16.8. The Labute approximate surface area is 123 Å². The molecule has 1 aliphatic carbocycles. The third-order valence-electron chi connectivity index (χ3n) is 4.88.